The lowest BCUT2D eigenvalue weighted by atomic mass is 9.97. The average molecular weight is 434 g/mol. The van der Waals surface area contributed by atoms with E-state index in [-0.39, 0.29) is 18.0 Å². The van der Waals surface area contributed by atoms with Crippen LogP contribution in [0.5, 0.6) is 0 Å². The van der Waals surface area contributed by atoms with E-state index < -0.39 is 17.9 Å². The molecule has 166 valence electrons. The Morgan fingerprint density at radius 2 is 1.94 bits per heavy atom. The molecule has 0 unspecified atom stereocenters. The first-order chi connectivity index (χ1) is 15.3. The number of nitrogens with one attached hydrogen (secondary N) is 2. The summed E-state index contributed by atoms with van der Waals surface area (Å²) >= 11 is 0. The second kappa shape index (κ2) is 8.86. The highest BCUT2D eigenvalue weighted by Gasteiger charge is 2.30. The predicted octanol–water partition coefficient (Wildman–Crippen LogP) is 3.63. The number of carboxylic acid groups (broad SMARTS) is 1. The molecule has 4 rings (SSSR count). The fraction of sp³-hybridized carbons (Fsp3) is 0.320. The third-order valence-corrected chi connectivity index (χ3v) is 6.17. The topological polar surface area (TPSA) is 103 Å². The van der Waals surface area contributed by atoms with E-state index in [0.29, 0.717) is 30.5 Å². The van der Waals surface area contributed by atoms with E-state index in [1.165, 1.54) is 0 Å². The van der Waals surface area contributed by atoms with Crippen molar-refractivity contribution in [3.05, 3.63) is 64.6 Å². The number of aromatic nitrogens is 1. The second-order valence-electron chi connectivity index (χ2n) is 8.43. The zero-order valence-corrected chi connectivity index (χ0v) is 18.2. The number of hydrogen-bond donors (Lipinski definition) is 3. The van der Waals surface area contributed by atoms with Gasteiger partial charge in [-0.3, -0.25) is 14.4 Å². The number of pyridine rings is 1. The Bertz CT molecular complexity index is 1230. The van der Waals surface area contributed by atoms with Crippen molar-refractivity contribution in [2.45, 2.75) is 32.7 Å². The predicted molar refractivity (Wildman–Crippen MR) is 125 cm³/mol. The van der Waals surface area contributed by atoms with Crippen LogP contribution in [0.15, 0.2) is 53.5 Å². The van der Waals surface area contributed by atoms with Crippen LogP contribution in [0.1, 0.15) is 25.3 Å². The minimum atomic E-state index is -0.860. The molecule has 0 radical (unpaired) electrons. The van der Waals surface area contributed by atoms with Gasteiger partial charge in [0.1, 0.15) is 6.04 Å². The summed E-state index contributed by atoms with van der Waals surface area (Å²) < 4.78 is 0. The zero-order chi connectivity index (χ0) is 22.8. The number of amides is 1. The van der Waals surface area contributed by atoms with E-state index in [4.69, 9.17) is 0 Å². The number of aliphatic carboxylic acids is 1. The van der Waals surface area contributed by atoms with Crippen molar-refractivity contribution in [3.8, 4) is 11.1 Å². The van der Waals surface area contributed by atoms with Crippen LogP contribution in [0.25, 0.3) is 21.9 Å². The van der Waals surface area contributed by atoms with E-state index in [1.807, 2.05) is 43.3 Å². The standard InChI is InChI=1S/C25H27N3O4/c1-15-6-3-4-8-19(15)22-13-26-23(29)21-12-18(9-10-20(21)22)27-16(2)24(30)28-11-5-7-17(14-28)25(31)32/h3-4,6,8-10,12-13,16-17,27H,5,7,11,14H2,1-2H3,(H,26,29)(H,31,32)/t16-,17-/m0/s1. The van der Waals surface area contributed by atoms with Crippen molar-refractivity contribution >= 4 is 28.3 Å². The molecule has 0 aliphatic carbocycles. The first kappa shape index (κ1) is 21.6. The number of likely N-dealkylation sites (tertiary alicyclic amines) is 1. The number of aromatic amines is 1. The molecular formula is C25H27N3O4. The van der Waals surface area contributed by atoms with E-state index in [1.54, 1.807) is 24.1 Å². The molecule has 2 atom stereocenters. The average Bonchev–Trinajstić information content (AvgIpc) is 2.80. The van der Waals surface area contributed by atoms with Gasteiger partial charge in [0.15, 0.2) is 0 Å². The van der Waals surface area contributed by atoms with Crippen LogP contribution in [0.4, 0.5) is 5.69 Å². The quantitative estimate of drug-likeness (QED) is 0.570. The molecule has 3 N–H and O–H groups in total. The number of aryl methyl sites for hydroxylation is 1. The van der Waals surface area contributed by atoms with Crippen molar-refractivity contribution < 1.29 is 14.7 Å². The van der Waals surface area contributed by atoms with Crippen molar-refractivity contribution in [2.24, 2.45) is 5.92 Å². The molecule has 3 aromatic rings. The van der Waals surface area contributed by atoms with Gasteiger partial charge in [-0.15, -0.1) is 0 Å². The van der Waals surface area contributed by atoms with E-state index in [9.17, 15) is 19.5 Å². The van der Waals surface area contributed by atoms with Crippen LogP contribution in [0.3, 0.4) is 0 Å². The Hall–Kier alpha value is -3.61. The van der Waals surface area contributed by atoms with Crippen molar-refractivity contribution in [2.75, 3.05) is 18.4 Å². The number of carbonyl (C=O) groups is 2. The minimum Gasteiger partial charge on any atom is -0.481 e. The van der Waals surface area contributed by atoms with Gasteiger partial charge in [-0.25, -0.2) is 0 Å². The highest BCUT2D eigenvalue weighted by molar-refractivity contribution is 5.98. The summed E-state index contributed by atoms with van der Waals surface area (Å²) in [6, 6.07) is 13.0. The maximum absolute atomic E-state index is 12.9. The van der Waals surface area contributed by atoms with E-state index in [0.717, 1.165) is 22.1 Å². The van der Waals surface area contributed by atoms with Gasteiger partial charge in [-0.1, -0.05) is 30.3 Å². The van der Waals surface area contributed by atoms with Crippen LogP contribution in [-0.4, -0.2) is 46.0 Å². The number of H-pyrrole nitrogens is 1. The second-order valence-corrected chi connectivity index (χ2v) is 8.43. The summed E-state index contributed by atoms with van der Waals surface area (Å²) in [6.07, 6.45) is 3.02. The van der Waals surface area contributed by atoms with Crippen LogP contribution in [0, 0.1) is 12.8 Å². The summed E-state index contributed by atoms with van der Waals surface area (Å²) in [5.74, 6) is -1.51. The molecule has 2 aromatic carbocycles. The number of rotatable bonds is 5. The first-order valence-electron chi connectivity index (χ1n) is 10.8. The molecule has 1 aromatic heterocycles. The summed E-state index contributed by atoms with van der Waals surface area (Å²) in [7, 11) is 0. The summed E-state index contributed by atoms with van der Waals surface area (Å²) in [5, 5.41) is 13.8. The Labute approximate surface area is 186 Å². The molecule has 0 spiro atoms. The highest BCUT2D eigenvalue weighted by Crippen LogP contribution is 2.30. The summed E-state index contributed by atoms with van der Waals surface area (Å²) in [6.45, 7) is 4.58. The normalized spacial score (nSPS) is 17.2. The third kappa shape index (κ3) is 4.23. The fourth-order valence-corrected chi connectivity index (χ4v) is 4.41. The van der Waals surface area contributed by atoms with Crippen molar-refractivity contribution in [1.82, 2.24) is 9.88 Å². The molecule has 0 bridgehead atoms. The molecule has 1 fully saturated rings. The number of fused-ring (bicyclic) bond motifs is 1. The van der Waals surface area contributed by atoms with Gasteiger partial charge in [0.25, 0.3) is 5.56 Å². The van der Waals surface area contributed by atoms with Gasteiger partial charge in [0.2, 0.25) is 5.91 Å². The monoisotopic (exact) mass is 433 g/mol. The number of benzene rings is 2. The van der Waals surface area contributed by atoms with Crippen LogP contribution in [0.2, 0.25) is 0 Å². The van der Waals surface area contributed by atoms with Crippen molar-refractivity contribution in [3.63, 3.8) is 0 Å². The van der Waals surface area contributed by atoms with Gasteiger partial charge < -0.3 is 20.3 Å². The molecule has 1 amide bonds. The molecule has 1 aliphatic rings. The number of carbonyl (C=O) groups excluding carboxylic acids is 1. The maximum atomic E-state index is 12.9. The molecule has 1 saturated heterocycles. The minimum absolute atomic E-state index is 0.140. The number of carboxylic acids is 1. The van der Waals surface area contributed by atoms with E-state index >= 15 is 0 Å². The zero-order valence-electron chi connectivity index (χ0n) is 18.2. The van der Waals surface area contributed by atoms with Crippen LogP contribution in [-0.2, 0) is 9.59 Å². The van der Waals surface area contributed by atoms with Crippen molar-refractivity contribution in [1.29, 1.82) is 0 Å². The first-order valence-corrected chi connectivity index (χ1v) is 10.8. The molecular weight excluding hydrogens is 406 g/mol. The van der Waals surface area contributed by atoms with Gasteiger partial charge in [0.05, 0.1) is 5.92 Å². The van der Waals surface area contributed by atoms with Gasteiger partial charge in [-0.05, 0) is 55.3 Å². The van der Waals surface area contributed by atoms with Gasteiger partial charge in [0, 0.05) is 35.9 Å². The maximum Gasteiger partial charge on any atom is 0.308 e. The van der Waals surface area contributed by atoms with Gasteiger partial charge >= 0.3 is 5.97 Å². The molecule has 7 nitrogen and oxygen atoms in total. The smallest absolute Gasteiger partial charge is 0.308 e. The molecule has 0 saturated carbocycles. The SMILES string of the molecule is Cc1ccccc1-c1c[nH]c(=O)c2cc(N[C@@H](C)C(=O)N3CCC[C@H](C(=O)O)C3)ccc12. The van der Waals surface area contributed by atoms with Crippen LogP contribution >= 0.6 is 0 Å². The lowest BCUT2D eigenvalue weighted by molar-refractivity contribution is -0.145. The Balaban J connectivity index is 1.58. The summed E-state index contributed by atoms with van der Waals surface area (Å²) in [5.41, 5.74) is 3.58. The van der Waals surface area contributed by atoms with Crippen LogP contribution < -0.4 is 10.9 Å². The molecule has 2 heterocycles. The number of piperidine rings is 1. The summed E-state index contributed by atoms with van der Waals surface area (Å²) in [4.78, 5) is 41.2. The van der Waals surface area contributed by atoms with E-state index in [2.05, 4.69) is 10.3 Å². The fourth-order valence-electron chi connectivity index (χ4n) is 4.41. The molecule has 7 heteroatoms. The largest absolute Gasteiger partial charge is 0.481 e. The lowest BCUT2D eigenvalue weighted by Gasteiger charge is -2.33. The Morgan fingerprint density at radius 1 is 1.16 bits per heavy atom. The Kier molecular flexibility index (Phi) is 5.99. The Morgan fingerprint density at radius 3 is 2.69 bits per heavy atom. The number of hydrogen-bond acceptors (Lipinski definition) is 4. The van der Waals surface area contributed by atoms with Gasteiger partial charge in [-0.2, -0.15) is 0 Å². The highest BCUT2D eigenvalue weighted by atomic mass is 16.4. The number of nitrogens with zero attached hydrogens (tertiary/aromatic N) is 1. The molecule has 32 heavy (non-hydrogen) atoms. The molecule has 1 aliphatic heterocycles. The number of anilines is 1. The third-order valence-electron chi connectivity index (χ3n) is 6.17. The lowest BCUT2D eigenvalue weighted by Crippen LogP contribution is -2.47.